The molecule has 88 valence electrons. The van der Waals surface area contributed by atoms with Gasteiger partial charge in [-0.15, -0.1) is 0 Å². The number of oxime groups is 1. The van der Waals surface area contributed by atoms with E-state index < -0.39 is 0 Å². The van der Waals surface area contributed by atoms with Gasteiger partial charge in [0.2, 0.25) is 0 Å². The predicted molar refractivity (Wildman–Crippen MR) is 67.3 cm³/mol. The first-order chi connectivity index (χ1) is 8.20. The summed E-state index contributed by atoms with van der Waals surface area (Å²) in [6.07, 6.45) is 3.10. The average molecular weight is 314 g/mol. The molecule has 0 fully saturated rings. The molecule has 0 spiro atoms. The highest BCUT2D eigenvalue weighted by atomic mass is 79.9. The fourth-order valence-corrected chi connectivity index (χ4v) is 2.47. The van der Waals surface area contributed by atoms with E-state index in [1.807, 2.05) is 6.07 Å². The fraction of sp³-hybridized carbons (Fsp3) is 0. The molecule has 17 heavy (non-hydrogen) atoms. The molecular weight excluding hydrogens is 306 g/mol. The number of nitrogens with two attached hydrogens (primary N) is 1. The first-order valence-electron chi connectivity index (χ1n) is 4.55. The number of benzene rings is 1. The van der Waals surface area contributed by atoms with Gasteiger partial charge in [-0.3, -0.25) is 0 Å². The standard InChI is InChI=1S/C10H8BrN3O2S/c11-7-5-6(9(12)14-15)1-2-8(7)17-10-13-3-4-16-10/h1-5,15H,(H2,12,14). The van der Waals surface area contributed by atoms with Crippen LogP contribution in [0.1, 0.15) is 5.56 Å². The van der Waals surface area contributed by atoms with Crippen LogP contribution >= 0.6 is 27.7 Å². The Bertz CT molecular complexity index is 542. The highest BCUT2D eigenvalue weighted by Crippen LogP contribution is 2.32. The third-order valence-electron chi connectivity index (χ3n) is 1.94. The van der Waals surface area contributed by atoms with Gasteiger partial charge in [-0.2, -0.15) is 0 Å². The van der Waals surface area contributed by atoms with Gasteiger partial charge in [-0.1, -0.05) is 5.16 Å². The molecule has 1 heterocycles. The van der Waals surface area contributed by atoms with Crippen molar-refractivity contribution in [3.63, 3.8) is 0 Å². The third kappa shape index (κ3) is 2.80. The molecule has 0 atom stereocenters. The van der Waals surface area contributed by atoms with E-state index in [1.165, 1.54) is 18.0 Å². The Morgan fingerprint density at radius 3 is 2.94 bits per heavy atom. The zero-order valence-corrected chi connectivity index (χ0v) is 10.9. The van der Waals surface area contributed by atoms with Crippen molar-refractivity contribution >= 4 is 33.5 Å². The highest BCUT2D eigenvalue weighted by molar-refractivity contribution is 9.10. The number of oxazole rings is 1. The first-order valence-corrected chi connectivity index (χ1v) is 6.16. The maximum atomic E-state index is 8.57. The Kier molecular flexibility index (Phi) is 3.70. The van der Waals surface area contributed by atoms with Crippen LogP contribution in [0.4, 0.5) is 0 Å². The second-order valence-corrected chi connectivity index (χ2v) is 4.88. The maximum Gasteiger partial charge on any atom is 0.260 e. The summed E-state index contributed by atoms with van der Waals surface area (Å²) in [5, 5.41) is 12.1. The van der Waals surface area contributed by atoms with Crippen LogP contribution in [0.15, 0.2) is 54.8 Å². The van der Waals surface area contributed by atoms with Crippen LogP contribution in [0.2, 0.25) is 0 Å². The Balaban J connectivity index is 2.26. The summed E-state index contributed by atoms with van der Waals surface area (Å²) in [6, 6.07) is 5.36. The molecule has 0 saturated heterocycles. The summed E-state index contributed by atoms with van der Waals surface area (Å²) < 4.78 is 5.96. The SMILES string of the molecule is N/C(=N/O)c1ccc(Sc2ncco2)c(Br)c1. The van der Waals surface area contributed by atoms with Crippen molar-refractivity contribution < 1.29 is 9.62 Å². The van der Waals surface area contributed by atoms with Crippen molar-refractivity contribution in [2.75, 3.05) is 0 Å². The van der Waals surface area contributed by atoms with Crippen LogP contribution in [0.5, 0.6) is 0 Å². The molecule has 2 rings (SSSR count). The average Bonchev–Trinajstić information content (AvgIpc) is 2.83. The Morgan fingerprint density at radius 1 is 1.53 bits per heavy atom. The molecule has 1 aromatic heterocycles. The van der Waals surface area contributed by atoms with E-state index in [0.29, 0.717) is 10.8 Å². The quantitative estimate of drug-likeness (QED) is 0.394. The van der Waals surface area contributed by atoms with Crippen LogP contribution in [0.3, 0.4) is 0 Å². The number of hydrogen-bond donors (Lipinski definition) is 2. The smallest absolute Gasteiger partial charge is 0.260 e. The van der Waals surface area contributed by atoms with Crippen molar-refractivity contribution in [1.82, 2.24) is 4.98 Å². The zero-order chi connectivity index (χ0) is 12.3. The van der Waals surface area contributed by atoms with Crippen molar-refractivity contribution in [3.8, 4) is 0 Å². The molecule has 5 nitrogen and oxygen atoms in total. The third-order valence-corrected chi connectivity index (χ3v) is 3.81. The molecule has 0 aliphatic heterocycles. The lowest BCUT2D eigenvalue weighted by atomic mass is 10.2. The van der Waals surface area contributed by atoms with Gasteiger partial charge in [-0.25, -0.2) is 4.98 Å². The maximum absolute atomic E-state index is 8.57. The Hall–Kier alpha value is -1.47. The lowest BCUT2D eigenvalue weighted by Gasteiger charge is -2.04. The topological polar surface area (TPSA) is 84.6 Å². The van der Waals surface area contributed by atoms with Gasteiger partial charge >= 0.3 is 0 Å². The minimum Gasteiger partial charge on any atom is -0.440 e. The molecule has 2 aromatic rings. The molecule has 0 radical (unpaired) electrons. The summed E-state index contributed by atoms with van der Waals surface area (Å²) in [5.74, 6) is 0.0679. The van der Waals surface area contributed by atoms with Crippen LogP contribution in [-0.2, 0) is 0 Å². The van der Waals surface area contributed by atoms with Gasteiger partial charge < -0.3 is 15.4 Å². The lowest BCUT2D eigenvalue weighted by Crippen LogP contribution is -2.12. The number of hydrogen-bond acceptors (Lipinski definition) is 5. The van der Waals surface area contributed by atoms with E-state index in [0.717, 1.165) is 9.37 Å². The Labute approximate surface area is 110 Å². The minimum atomic E-state index is 0.0679. The number of halogens is 1. The van der Waals surface area contributed by atoms with Gasteiger partial charge in [0.1, 0.15) is 6.26 Å². The van der Waals surface area contributed by atoms with E-state index in [-0.39, 0.29) is 5.84 Å². The molecule has 0 saturated carbocycles. The molecule has 0 unspecified atom stereocenters. The molecule has 0 aliphatic rings. The summed E-state index contributed by atoms with van der Waals surface area (Å²) in [4.78, 5) is 4.95. The summed E-state index contributed by atoms with van der Waals surface area (Å²) in [7, 11) is 0. The summed E-state index contributed by atoms with van der Waals surface area (Å²) >= 11 is 4.79. The van der Waals surface area contributed by atoms with E-state index >= 15 is 0 Å². The van der Waals surface area contributed by atoms with E-state index in [1.54, 1.807) is 18.3 Å². The lowest BCUT2D eigenvalue weighted by molar-refractivity contribution is 0.318. The van der Waals surface area contributed by atoms with E-state index in [2.05, 4.69) is 26.1 Å². The van der Waals surface area contributed by atoms with Crippen molar-refractivity contribution in [3.05, 3.63) is 40.7 Å². The van der Waals surface area contributed by atoms with Crippen molar-refractivity contribution in [2.45, 2.75) is 10.1 Å². The van der Waals surface area contributed by atoms with Crippen LogP contribution in [0, 0.1) is 0 Å². The number of amidine groups is 1. The number of aromatic nitrogens is 1. The predicted octanol–water partition coefficient (Wildman–Crippen LogP) is 2.68. The molecular formula is C10H8BrN3O2S. The van der Waals surface area contributed by atoms with E-state index in [4.69, 9.17) is 15.4 Å². The molecule has 0 amide bonds. The first kappa shape index (κ1) is 12.0. The second-order valence-electron chi connectivity index (χ2n) is 3.03. The van der Waals surface area contributed by atoms with Gasteiger partial charge in [0.25, 0.3) is 5.22 Å². The summed E-state index contributed by atoms with van der Waals surface area (Å²) in [6.45, 7) is 0. The monoisotopic (exact) mass is 313 g/mol. The largest absolute Gasteiger partial charge is 0.440 e. The molecule has 0 bridgehead atoms. The van der Waals surface area contributed by atoms with Crippen molar-refractivity contribution in [2.24, 2.45) is 10.9 Å². The van der Waals surface area contributed by atoms with Crippen LogP contribution in [-0.4, -0.2) is 16.0 Å². The van der Waals surface area contributed by atoms with Crippen LogP contribution in [0.25, 0.3) is 0 Å². The van der Waals surface area contributed by atoms with Gasteiger partial charge in [-0.05, 0) is 45.9 Å². The van der Waals surface area contributed by atoms with Gasteiger partial charge in [0.15, 0.2) is 5.84 Å². The van der Waals surface area contributed by atoms with Gasteiger partial charge in [0.05, 0.1) is 6.20 Å². The molecule has 3 N–H and O–H groups in total. The molecule has 7 heteroatoms. The fourth-order valence-electron chi connectivity index (χ4n) is 1.16. The summed E-state index contributed by atoms with van der Waals surface area (Å²) in [5.41, 5.74) is 6.13. The second kappa shape index (κ2) is 5.24. The van der Waals surface area contributed by atoms with E-state index in [9.17, 15) is 0 Å². The van der Waals surface area contributed by atoms with Crippen LogP contribution < -0.4 is 5.73 Å². The molecule has 1 aromatic carbocycles. The van der Waals surface area contributed by atoms with Gasteiger partial charge in [0, 0.05) is 14.9 Å². The Morgan fingerprint density at radius 2 is 2.35 bits per heavy atom. The number of rotatable bonds is 3. The highest BCUT2D eigenvalue weighted by Gasteiger charge is 2.08. The minimum absolute atomic E-state index is 0.0679. The molecule has 0 aliphatic carbocycles. The van der Waals surface area contributed by atoms with Crippen molar-refractivity contribution in [1.29, 1.82) is 0 Å². The normalized spacial score (nSPS) is 11.7. The zero-order valence-electron chi connectivity index (χ0n) is 8.50. The number of nitrogens with zero attached hydrogens (tertiary/aromatic N) is 2.